The lowest BCUT2D eigenvalue weighted by atomic mass is 9.34. The minimum atomic E-state index is 0.173. The number of hydrogen-bond donors (Lipinski definition) is 0. The Hall–Kier alpha value is -5.18. The third kappa shape index (κ3) is 6.16. The number of aryl methyl sites for hydroxylation is 6. The van der Waals surface area contributed by atoms with E-state index < -0.39 is 0 Å². The molecule has 4 aliphatic rings. The first-order valence-corrected chi connectivity index (χ1v) is 23.3. The van der Waals surface area contributed by atoms with Gasteiger partial charge in [-0.25, -0.2) is 0 Å². The fraction of sp³-hybridized carbons (Fsp3) is 0.276. The monoisotopic (exact) mass is 794 g/mol. The van der Waals surface area contributed by atoms with E-state index in [4.69, 9.17) is 0 Å². The average molecular weight is 795 g/mol. The number of hydrogen-bond acceptors (Lipinski definition) is 1. The predicted molar refractivity (Wildman–Crippen MR) is 261 cm³/mol. The Morgan fingerprint density at radius 2 is 1.00 bits per heavy atom. The van der Waals surface area contributed by atoms with Gasteiger partial charge in [0.05, 0.1) is 0 Å². The molecule has 2 atom stereocenters. The molecule has 1 heterocycles. The largest absolute Gasteiger partial charge is 0.242 e. The van der Waals surface area contributed by atoms with Gasteiger partial charge in [0.2, 0.25) is 6.71 Å². The summed E-state index contributed by atoms with van der Waals surface area (Å²) in [5, 5.41) is 2.75. The molecule has 0 spiro atoms. The molecule has 0 aliphatic heterocycles. The zero-order chi connectivity index (χ0) is 40.9. The summed E-state index contributed by atoms with van der Waals surface area (Å²) >= 11 is 1.93. The highest BCUT2D eigenvalue weighted by Gasteiger charge is 2.58. The summed E-state index contributed by atoms with van der Waals surface area (Å²) in [5.74, 6) is 1.63. The van der Waals surface area contributed by atoms with Gasteiger partial charge in [0.1, 0.15) is 0 Å². The van der Waals surface area contributed by atoms with Crippen LogP contribution in [0.25, 0.3) is 42.4 Å². The Labute approximate surface area is 361 Å². The summed E-state index contributed by atoms with van der Waals surface area (Å²) in [4.78, 5) is 0. The molecule has 4 bridgehead atoms. The van der Waals surface area contributed by atoms with Crippen molar-refractivity contribution in [3.05, 3.63) is 184 Å². The molecule has 4 saturated carbocycles. The van der Waals surface area contributed by atoms with Crippen LogP contribution in [0, 0.1) is 53.4 Å². The molecular weight excluding hydrogens is 740 g/mol. The number of fused-ring (bicyclic) bond motifs is 3. The lowest BCUT2D eigenvalue weighted by molar-refractivity contribution is -0.0281. The van der Waals surface area contributed by atoms with Gasteiger partial charge >= 0.3 is 0 Å². The quantitative estimate of drug-likeness (QED) is 0.141. The minimum absolute atomic E-state index is 0.173. The van der Waals surface area contributed by atoms with Crippen LogP contribution in [0.4, 0.5) is 0 Å². The molecule has 296 valence electrons. The summed E-state index contributed by atoms with van der Waals surface area (Å²) in [5.41, 5.74) is 21.4. The van der Waals surface area contributed by atoms with E-state index in [9.17, 15) is 0 Å². The van der Waals surface area contributed by atoms with Gasteiger partial charge in [0, 0.05) is 20.2 Å². The Kier molecular flexibility index (Phi) is 8.95. The van der Waals surface area contributed by atoms with E-state index >= 15 is 0 Å². The molecule has 1 aromatic heterocycles. The highest BCUT2D eigenvalue weighted by molar-refractivity contribution is 7.26. The van der Waals surface area contributed by atoms with Crippen LogP contribution in [0.3, 0.4) is 0 Å². The zero-order valence-corrected chi connectivity index (χ0v) is 37.0. The van der Waals surface area contributed by atoms with Crippen LogP contribution in [0.15, 0.2) is 140 Å². The van der Waals surface area contributed by atoms with E-state index in [0.717, 1.165) is 11.8 Å². The van der Waals surface area contributed by atoms with Gasteiger partial charge in [-0.1, -0.05) is 183 Å². The third-order valence-corrected chi connectivity index (χ3v) is 16.6. The van der Waals surface area contributed by atoms with Crippen LogP contribution in [0.5, 0.6) is 0 Å². The molecule has 0 saturated heterocycles. The van der Waals surface area contributed by atoms with Crippen LogP contribution >= 0.6 is 11.3 Å². The van der Waals surface area contributed by atoms with Crippen LogP contribution in [0.2, 0.25) is 0 Å². The van der Waals surface area contributed by atoms with Gasteiger partial charge in [-0.15, -0.1) is 11.3 Å². The first-order chi connectivity index (χ1) is 29.1. The SMILES string of the molecule is Cc1cc(C)c(B(c2cccc(-c3ccc(C45CC6CC(C4)CC(c4ccc(-c7cccc8c7sc7ccccc78)cc4)(C6)C5)cc3)c2)c2c(C)cc(C)cc2C)c(C)c1. The van der Waals surface area contributed by atoms with Crippen molar-refractivity contribution in [2.75, 3.05) is 0 Å². The zero-order valence-electron chi connectivity index (χ0n) is 36.2. The van der Waals surface area contributed by atoms with Crippen LogP contribution in [0.1, 0.15) is 83.0 Å². The molecular formula is C58H55BS. The number of benzene rings is 7. The summed E-state index contributed by atoms with van der Waals surface area (Å²) in [6.07, 6.45) is 8.09. The molecule has 0 radical (unpaired) electrons. The maximum Gasteiger partial charge on any atom is 0.242 e. The average Bonchev–Trinajstić information content (AvgIpc) is 3.61. The molecule has 0 nitrogen and oxygen atoms in total. The molecule has 4 aliphatic carbocycles. The van der Waals surface area contributed by atoms with Crippen LogP contribution in [-0.2, 0) is 10.8 Å². The normalized spacial score (nSPS) is 21.9. The lowest BCUT2D eigenvalue weighted by Crippen LogP contribution is -2.56. The molecule has 8 aromatic rings. The second-order valence-electron chi connectivity index (χ2n) is 19.6. The number of rotatable bonds is 7. The van der Waals surface area contributed by atoms with Crippen LogP contribution < -0.4 is 16.4 Å². The van der Waals surface area contributed by atoms with Gasteiger partial charge in [-0.05, 0) is 142 Å². The van der Waals surface area contributed by atoms with Crippen molar-refractivity contribution >= 4 is 54.6 Å². The summed E-state index contributed by atoms with van der Waals surface area (Å²) in [7, 11) is 0. The first-order valence-electron chi connectivity index (χ1n) is 22.4. The van der Waals surface area contributed by atoms with Crippen molar-refractivity contribution in [3.8, 4) is 22.3 Å². The Bertz CT molecular complexity index is 2840. The fourth-order valence-corrected chi connectivity index (χ4v) is 14.8. The molecule has 12 rings (SSSR count). The van der Waals surface area contributed by atoms with Gasteiger partial charge in [-0.3, -0.25) is 0 Å². The molecule has 2 heteroatoms. The Morgan fingerprint density at radius 1 is 0.483 bits per heavy atom. The fourth-order valence-electron chi connectivity index (χ4n) is 13.6. The molecule has 4 fully saturated rings. The molecule has 7 aromatic carbocycles. The maximum absolute atomic E-state index is 2.53. The van der Waals surface area contributed by atoms with E-state index in [-0.39, 0.29) is 17.5 Å². The maximum atomic E-state index is 2.53. The second kappa shape index (κ2) is 14.2. The van der Waals surface area contributed by atoms with Gasteiger partial charge < -0.3 is 0 Å². The topological polar surface area (TPSA) is 0 Å². The van der Waals surface area contributed by atoms with Crippen LogP contribution in [-0.4, -0.2) is 6.71 Å². The van der Waals surface area contributed by atoms with Crippen molar-refractivity contribution in [2.45, 2.75) is 90.9 Å². The standard InChI is InChI=1S/C58H55BS/c1-36-25-38(3)54(39(4)26-36)59(55-40(5)27-37(2)28-41(55)6)49-12-9-11-46(30-49)44-17-21-47(22-18-44)57-31-42-29-43(32-57)34-58(33-42,35-57)48-23-19-45(20-24-48)50-14-10-15-52-51-13-7-8-16-53(51)60-56(50)52/h7-28,30,42-43H,29,31-35H2,1-6H3. The molecule has 0 N–H and O–H groups in total. The molecule has 2 unspecified atom stereocenters. The van der Waals surface area contributed by atoms with Crippen molar-refractivity contribution in [1.29, 1.82) is 0 Å². The third-order valence-electron chi connectivity index (χ3n) is 15.4. The highest BCUT2D eigenvalue weighted by atomic mass is 32.1. The van der Waals surface area contributed by atoms with Gasteiger partial charge in [0.25, 0.3) is 0 Å². The highest BCUT2D eigenvalue weighted by Crippen LogP contribution is 2.66. The molecule has 0 amide bonds. The molecule has 60 heavy (non-hydrogen) atoms. The second-order valence-corrected chi connectivity index (χ2v) is 20.7. The summed E-state index contributed by atoms with van der Waals surface area (Å²) in [6.45, 7) is 13.8. The van der Waals surface area contributed by atoms with Crippen molar-refractivity contribution in [1.82, 2.24) is 0 Å². The number of thiophene rings is 1. The summed E-state index contributed by atoms with van der Waals surface area (Å²) in [6, 6.07) is 54.5. The van der Waals surface area contributed by atoms with Gasteiger partial charge in [-0.2, -0.15) is 0 Å². The van der Waals surface area contributed by atoms with E-state index in [2.05, 4.69) is 181 Å². The van der Waals surface area contributed by atoms with Crippen molar-refractivity contribution in [2.24, 2.45) is 11.8 Å². The van der Waals surface area contributed by atoms with Crippen molar-refractivity contribution in [3.63, 3.8) is 0 Å². The van der Waals surface area contributed by atoms with E-state index in [1.165, 1.54) is 131 Å². The smallest absolute Gasteiger partial charge is 0.135 e. The van der Waals surface area contributed by atoms with E-state index in [1.807, 2.05) is 11.3 Å². The minimum Gasteiger partial charge on any atom is -0.135 e. The van der Waals surface area contributed by atoms with Gasteiger partial charge in [0.15, 0.2) is 0 Å². The Morgan fingerprint density at radius 3 is 1.58 bits per heavy atom. The summed E-state index contributed by atoms with van der Waals surface area (Å²) < 4.78 is 2.78. The first kappa shape index (κ1) is 37.8. The lowest BCUT2D eigenvalue weighted by Gasteiger charge is -2.63. The Balaban J connectivity index is 0.913. The van der Waals surface area contributed by atoms with E-state index in [0.29, 0.717) is 0 Å². The van der Waals surface area contributed by atoms with Crippen molar-refractivity contribution < 1.29 is 0 Å². The van der Waals surface area contributed by atoms with E-state index in [1.54, 1.807) is 11.1 Å². The predicted octanol–water partition coefficient (Wildman–Crippen LogP) is 13.5.